The van der Waals surface area contributed by atoms with E-state index in [0.29, 0.717) is 23.7 Å². The summed E-state index contributed by atoms with van der Waals surface area (Å²) < 4.78 is 16.6. The van der Waals surface area contributed by atoms with Crippen LogP contribution in [0.5, 0.6) is 5.75 Å². The summed E-state index contributed by atoms with van der Waals surface area (Å²) in [5.74, 6) is 2.66. The zero-order valence-electron chi connectivity index (χ0n) is 22.0. The maximum Gasteiger partial charge on any atom is 0.159 e. The van der Waals surface area contributed by atoms with Gasteiger partial charge in [-0.2, -0.15) is 0 Å². The fraction of sp³-hybridized carbons (Fsp3) is 0.438. The van der Waals surface area contributed by atoms with Crippen molar-refractivity contribution in [3.05, 3.63) is 95.1 Å². The third-order valence-corrected chi connectivity index (χ3v) is 8.40. The van der Waals surface area contributed by atoms with Crippen molar-refractivity contribution in [2.45, 2.75) is 50.2 Å². The second-order valence-corrected chi connectivity index (χ2v) is 10.4. The van der Waals surface area contributed by atoms with Gasteiger partial charge < -0.3 is 19.1 Å². The average molecular weight is 486 g/mol. The zero-order valence-corrected chi connectivity index (χ0v) is 22.0. The molecule has 1 saturated heterocycles. The number of anilines is 1. The van der Waals surface area contributed by atoms with E-state index in [-0.39, 0.29) is 6.29 Å². The molecule has 0 amide bonds. The van der Waals surface area contributed by atoms with Crippen LogP contribution in [0.2, 0.25) is 0 Å². The van der Waals surface area contributed by atoms with Crippen LogP contribution < -0.4 is 9.64 Å². The predicted molar refractivity (Wildman–Crippen MR) is 146 cm³/mol. The van der Waals surface area contributed by atoms with Crippen molar-refractivity contribution in [3.8, 4) is 5.75 Å². The van der Waals surface area contributed by atoms with E-state index in [4.69, 9.17) is 14.2 Å². The molecule has 1 heterocycles. The Morgan fingerprint density at radius 2 is 1.47 bits per heavy atom. The number of hydrogen-bond donors (Lipinski definition) is 0. The van der Waals surface area contributed by atoms with Crippen LogP contribution >= 0.6 is 0 Å². The van der Waals surface area contributed by atoms with Gasteiger partial charge in [-0.3, -0.25) is 0 Å². The SMILES string of the molecule is COc1ccc2c(c1)[C@@H](C)C[C@@H](c1ccccc1)[C@H]2c1ccc(N2CCC(C(OC)OC)CC2)cc1. The Labute approximate surface area is 216 Å². The fourth-order valence-corrected chi connectivity index (χ4v) is 6.49. The number of hydrogen-bond acceptors (Lipinski definition) is 4. The summed E-state index contributed by atoms with van der Waals surface area (Å²) in [6.45, 7) is 4.42. The Bertz CT molecular complexity index is 1120. The van der Waals surface area contributed by atoms with Crippen LogP contribution in [0.4, 0.5) is 5.69 Å². The molecule has 0 bridgehead atoms. The first-order valence-corrected chi connectivity index (χ1v) is 13.3. The molecule has 0 spiro atoms. The van der Waals surface area contributed by atoms with Gasteiger partial charge in [0, 0.05) is 44.8 Å². The molecule has 1 aliphatic carbocycles. The molecule has 1 aliphatic heterocycles. The normalized spacial score (nSPS) is 22.5. The quantitative estimate of drug-likeness (QED) is 0.339. The molecule has 2 aliphatic rings. The van der Waals surface area contributed by atoms with E-state index in [0.717, 1.165) is 38.1 Å². The monoisotopic (exact) mass is 485 g/mol. The highest BCUT2D eigenvalue weighted by molar-refractivity contribution is 5.53. The van der Waals surface area contributed by atoms with Gasteiger partial charge in [-0.25, -0.2) is 0 Å². The first-order chi connectivity index (χ1) is 17.6. The second-order valence-electron chi connectivity index (χ2n) is 10.4. The summed E-state index contributed by atoms with van der Waals surface area (Å²) >= 11 is 0. The number of ether oxygens (including phenoxy) is 3. The second kappa shape index (κ2) is 11.1. The first kappa shape index (κ1) is 24.9. The molecule has 3 aromatic rings. The van der Waals surface area contributed by atoms with Gasteiger partial charge >= 0.3 is 0 Å². The largest absolute Gasteiger partial charge is 0.497 e. The Hall–Kier alpha value is -2.82. The van der Waals surface area contributed by atoms with Crippen molar-refractivity contribution >= 4 is 5.69 Å². The number of rotatable bonds is 7. The van der Waals surface area contributed by atoms with Gasteiger partial charge in [-0.05, 0) is 77.6 Å². The highest BCUT2D eigenvalue weighted by atomic mass is 16.7. The highest BCUT2D eigenvalue weighted by Gasteiger charge is 2.35. The van der Waals surface area contributed by atoms with Crippen molar-refractivity contribution in [2.24, 2.45) is 5.92 Å². The number of benzene rings is 3. The smallest absolute Gasteiger partial charge is 0.159 e. The molecule has 0 saturated carbocycles. The summed E-state index contributed by atoms with van der Waals surface area (Å²) in [6.07, 6.45) is 3.20. The Morgan fingerprint density at radius 1 is 0.778 bits per heavy atom. The van der Waals surface area contributed by atoms with Crippen molar-refractivity contribution in [1.82, 2.24) is 0 Å². The molecule has 4 nitrogen and oxygen atoms in total. The lowest BCUT2D eigenvalue weighted by molar-refractivity contribution is -0.141. The lowest BCUT2D eigenvalue weighted by Gasteiger charge is -2.39. The first-order valence-electron chi connectivity index (χ1n) is 13.3. The predicted octanol–water partition coefficient (Wildman–Crippen LogP) is 6.95. The average Bonchev–Trinajstić information content (AvgIpc) is 2.94. The topological polar surface area (TPSA) is 30.9 Å². The van der Waals surface area contributed by atoms with E-state index in [1.165, 1.54) is 27.9 Å². The van der Waals surface area contributed by atoms with Gasteiger partial charge in [0.15, 0.2) is 6.29 Å². The Balaban J connectivity index is 1.43. The highest BCUT2D eigenvalue weighted by Crippen LogP contribution is 2.51. The maximum atomic E-state index is 5.58. The minimum Gasteiger partial charge on any atom is -0.497 e. The van der Waals surface area contributed by atoms with Crippen molar-refractivity contribution in [1.29, 1.82) is 0 Å². The molecule has 0 aromatic heterocycles. The van der Waals surface area contributed by atoms with Crippen LogP contribution in [0.1, 0.15) is 66.2 Å². The zero-order chi connectivity index (χ0) is 25.1. The number of nitrogens with zero attached hydrogens (tertiary/aromatic N) is 1. The van der Waals surface area contributed by atoms with Gasteiger partial charge in [0.25, 0.3) is 0 Å². The molecule has 5 rings (SSSR count). The molecular weight excluding hydrogens is 446 g/mol. The molecule has 0 radical (unpaired) electrons. The lowest BCUT2D eigenvalue weighted by Crippen LogP contribution is -2.39. The molecular formula is C32H39NO3. The van der Waals surface area contributed by atoms with Gasteiger partial charge in [0.1, 0.15) is 5.75 Å². The molecule has 3 aromatic carbocycles. The van der Waals surface area contributed by atoms with E-state index in [1.807, 2.05) is 0 Å². The fourth-order valence-electron chi connectivity index (χ4n) is 6.49. The minimum atomic E-state index is -0.100. The number of methoxy groups -OCH3 is 3. The van der Waals surface area contributed by atoms with Gasteiger partial charge in [0.05, 0.1) is 7.11 Å². The van der Waals surface area contributed by atoms with Crippen LogP contribution in [0.25, 0.3) is 0 Å². The van der Waals surface area contributed by atoms with Crippen molar-refractivity contribution in [3.63, 3.8) is 0 Å². The van der Waals surface area contributed by atoms with E-state index in [9.17, 15) is 0 Å². The minimum absolute atomic E-state index is 0.100. The Kier molecular flexibility index (Phi) is 7.64. The van der Waals surface area contributed by atoms with Crippen LogP contribution in [0.3, 0.4) is 0 Å². The summed E-state index contributed by atoms with van der Waals surface area (Å²) in [6, 6.07) is 27.1. The van der Waals surface area contributed by atoms with Crippen LogP contribution in [-0.2, 0) is 9.47 Å². The number of piperidine rings is 1. The molecule has 4 heteroatoms. The molecule has 36 heavy (non-hydrogen) atoms. The van der Waals surface area contributed by atoms with Crippen molar-refractivity contribution < 1.29 is 14.2 Å². The molecule has 0 N–H and O–H groups in total. The summed E-state index contributed by atoms with van der Waals surface area (Å²) in [5, 5.41) is 0. The number of fused-ring (bicyclic) bond motifs is 1. The summed E-state index contributed by atoms with van der Waals surface area (Å²) in [7, 11) is 5.23. The van der Waals surface area contributed by atoms with E-state index in [2.05, 4.69) is 84.6 Å². The molecule has 3 atom stereocenters. The third kappa shape index (κ3) is 4.89. The van der Waals surface area contributed by atoms with Crippen LogP contribution in [0, 0.1) is 5.92 Å². The van der Waals surface area contributed by atoms with E-state index >= 15 is 0 Å². The van der Waals surface area contributed by atoms with Gasteiger partial charge in [0.2, 0.25) is 0 Å². The third-order valence-electron chi connectivity index (χ3n) is 8.40. The summed E-state index contributed by atoms with van der Waals surface area (Å²) in [5.41, 5.74) is 6.97. The van der Waals surface area contributed by atoms with Gasteiger partial charge in [-0.1, -0.05) is 55.5 Å². The van der Waals surface area contributed by atoms with Gasteiger partial charge in [-0.15, -0.1) is 0 Å². The standard InChI is InChI=1S/C32H39NO3/c1-22-20-30(23-8-6-5-7-9-23)31(28-15-14-27(34-2)21-29(22)28)24-10-12-26(13-11-24)33-18-16-25(17-19-33)32(35-3)36-4/h5-15,21-22,25,30-32H,16-20H2,1-4H3/t22-,30-,31-/m0/s1. The lowest BCUT2D eigenvalue weighted by atomic mass is 9.66. The molecule has 190 valence electrons. The molecule has 0 unspecified atom stereocenters. The maximum absolute atomic E-state index is 5.58. The molecule has 1 fully saturated rings. The van der Waals surface area contributed by atoms with E-state index in [1.54, 1.807) is 21.3 Å². The van der Waals surface area contributed by atoms with Crippen LogP contribution in [-0.4, -0.2) is 40.7 Å². The Morgan fingerprint density at radius 3 is 2.11 bits per heavy atom. The van der Waals surface area contributed by atoms with E-state index < -0.39 is 0 Å². The summed E-state index contributed by atoms with van der Waals surface area (Å²) in [4.78, 5) is 2.50. The van der Waals surface area contributed by atoms with Crippen LogP contribution in [0.15, 0.2) is 72.8 Å². The van der Waals surface area contributed by atoms with Crippen molar-refractivity contribution in [2.75, 3.05) is 39.3 Å².